The van der Waals surface area contributed by atoms with Crippen molar-refractivity contribution in [2.45, 2.75) is 6.04 Å². The number of carbonyl (C=O) groups is 1. The lowest BCUT2D eigenvalue weighted by molar-refractivity contribution is -0.125. The minimum atomic E-state index is 0.0926. The third-order valence-electron chi connectivity index (χ3n) is 2.75. The van der Waals surface area contributed by atoms with E-state index in [9.17, 15) is 4.79 Å². The van der Waals surface area contributed by atoms with Crippen molar-refractivity contribution < 1.29 is 9.53 Å². The average Bonchev–Trinajstić information content (AvgIpc) is 2.17. The Labute approximate surface area is 89.3 Å². The minimum Gasteiger partial charge on any atom is -0.379 e. The van der Waals surface area contributed by atoms with Gasteiger partial charge in [0.1, 0.15) is 0 Å². The summed E-state index contributed by atoms with van der Waals surface area (Å²) < 4.78 is 5.21. The second-order valence-corrected chi connectivity index (χ2v) is 4.11. The fourth-order valence-corrected chi connectivity index (χ4v) is 1.84. The van der Waals surface area contributed by atoms with Crippen LogP contribution < -0.4 is 11.2 Å². The first-order chi connectivity index (χ1) is 7.24. The van der Waals surface area contributed by atoms with E-state index in [0.29, 0.717) is 6.54 Å². The van der Waals surface area contributed by atoms with Gasteiger partial charge in [0.05, 0.1) is 25.8 Å². The van der Waals surface area contributed by atoms with Gasteiger partial charge in [-0.1, -0.05) is 0 Å². The van der Waals surface area contributed by atoms with Crippen molar-refractivity contribution in [3.63, 3.8) is 0 Å². The van der Waals surface area contributed by atoms with Crippen molar-refractivity contribution in [2.24, 2.45) is 5.84 Å². The summed E-state index contributed by atoms with van der Waals surface area (Å²) in [5, 5.41) is 4.65. The van der Waals surface area contributed by atoms with Crippen LogP contribution in [0.1, 0.15) is 0 Å². The summed E-state index contributed by atoms with van der Waals surface area (Å²) in [7, 11) is 0. The summed E-state index contributed by atoms with van der Waals surface area (Å²) in [6, 6.07) is 0.239. The fourth-order valence-electron chi connectivity index (χ4n) is 1.84. The first kappa shape index (κ1) is 10.8. The third-order valence-corrected chi connectivity index (χ3v) is 2.75. The SMILES string of the molecule is NN1CC(NC(=O)CN2CCOCC2)C1. The van der Waals surface area contributed by atoms with Crippen molar-refractivity contribution in [1.82, 2.24) is 15.2 Å². The molecule has 6 nitrogen and oxygen atoms in total. The van der Waals surface area contributed by atoms with Crippen molar-refractivity contribution in [3.8, 4) is 0 Å². The lowest BCUT2D eigenvalue weighted by atomic mass is 10.1. The van der Waals surface area contributed by atoms with Crippen LogP contribution in [0.3, 0.4) is 0 Å². The minimum absolute atomic E-state index is 0.0926. The van der Waals surface area contributed by atoms with Gasteiger partial charge in [-0.2, -0.15) is 0 Å². The zero-order valence-corrected chi connectivity index (χ0v) is 8.82. The van der Waals surface area contributed by atoms with Gasteiger partial charge >= 0.3 is 0 Å². The topological polar surface area (TPSA) is 70.8 Å². The quantitative estimate of drug-likeness (QED) is 0.531. The number of hydrazine groups is 1. The Morgan fingerprint density at radius 2 is 2.07 bits per heavy atom. The molecule has 2 heterocycles. The predicted molar refractivity (Wildman–Crippen MR) is 55.0 cm³/mol. The molecule has 0 radical (unpaired) electrons. The number of nitrogens with two attached hydrogens (primary N) is 1. The van der Waals surface area contributed by atoms with E-state index in [2.05, 4.69) is 10.2 Å². The van der Waals surface area contributed by atoms with Gasteiger partial charge in [0, 0.05) is 26.2 Å². The standard InChI is InChI=1S/C9H18N4O2/c10-13-5-8(6-13)11-9(14)7-12-1-3-15-4-2-12/h8H,1-7,10H2,(H,11,14). The molecule has 0 unspecified atom stereocenters. The molecule has 86 valence electrons. The van der Waals surface area contributed by atoms with Gasteiger partial charge in [-0.3, -0.25) is 15.5 Å². The molecule has 0 aromatic heterocycles. The number of rotatable bonds is 3. The monoisotopic (exact) mass is 214 g/mol. The first-order valence-electron chi connectivity index (χ1n) is 5.33. The number of morpholine rings is 1. The predicted octanol–water partition coefficient (Wildman–Crippen LogP) is -2.01. The highest BCUT2D eigenvalue weighted by Crippen LogP contribution is 2.01. The zero-order valence-electron chi connectivity index (χ0n) is 8.82. The molecule has 1 amide bonds. The van der Waals surface area contributed by atoms with E-state index < -0.39 is 0 Å². The maximum atomic E-state index is 11.6. The molecule has 3 N–H and O–H groups in total. The van der Waals surface area contributed by atoms with Gasteiger partial charge < -0.3 is 10.1 Å². The van der Waals surface area contributed by atoms with E-state index in [1.807, 2.05) is 0 Å². The van der Waals surface area contributed by atoms with Gasteiger partial charge in [0.15, 0.2) is 0 Å². The molecule has 2 fully saturated rings. The molecule has 2 aliphatic heterocycles. The number of nitrogens with zero attached hydrogens (tertiary/aromatic N) is 2. The summed E-state index contributed by atoms with van der Waals surface area (Å²) in [5.74, 6) is 5.58. The highest BCUT2D eigenvalue weighted by atomic mass is 16.5. The van der Waals surface area contributed by atoms with E-state index in [0.717, 1.165) is 39.4 Å². The molecule has 0 bridgehead atoms. The maximum absolute atomic E-state index is 11.6. The Bertz CT molecular complexity index is 224. The number of carbonyl (C=O) groups excluding carboxylic acids is 1. The molecule has 0 spiro atoms. The molecule has 6 heteroatoms. The molecular formula is C9H18N4O2. The third kappa shape index (κ3) is 3.13. The Balaban J connectivity index is 1.63. The summed E-state index contributed by atoms with van der Waals surface area (Å²) in [6.45, 7) is 5.15. The van der Waals surface area contributed by atoms with E-state index >= 15 is 0 Å². The Hall–Kier alpha value is -0.690. The number of amides is 1. The first-order valence-corrected chi connectivity index (χ1v) is 5.33. The smallest absolute Gasteiger partial charge is 0.234 e. The lowest BCUT2D eigenvalue weighted by Gasteiger charge is -2.36. The van der Waals surface area contributed by atoms with Crippen LogP contribution in [0.4, 0.5) is 0 Å². The van der Waals surface area contributed by atoms with Crippen LogP contribution in [0, 0.1) is 0 Å². The van der Waals surface area contributed by atoms with Crippen LogP contribution >= 0.6 is 0 Å². The highest BCUT2D eigenvalue weighted by Gasteiger charge is 2.25. The normalized spacial score (nSPS) is 24.9. The highest BCUT2D eigenvalue weighted by molar-refractivity contribution is 5.78. The van der Waals surface area contributed by atoms with Crippen LogP contribution in [0.25, 0.3) is 0 Å². The molecule has 0 aromatic carbocycles. The van der Waals surface area contributed by atoms with E-state index in [-0.39, 0.29) is 11.9 Å². The summed E-state index contributed by atoms with van der Waals surface area (Å²) in [6.07, 6.45) is 0. The molecule has 0 saturated carbocycles. The number of nitrogens with one attached hydrogen (secondary N) is 1. The van der Waals surface area contributed by atoms with Crippen LogP contribution in [0.2, 0.25) is 0 Å². The van der Waals surface area contributed by atoms with Gasteiger partial charge in [0.25, 0.3) is 0 Å². The van der Waals surface area contributed by atoms with Crippen molar-refractivity contribution in [3.05, 3.63) is 0 Å². The average molecular weight is 214 g/mol. The molecular weight excluding hydrogens is 196 g/mol. The van der Waals surface area contributed by atoms with Crippen LogP contribution in [-0.2, 0) is 9.53 Å². The van der Waals surface area contributed by atoms with Gasteiger partial charge in [-0.15, -0.1) is 0 Å². The van der Waals surface area contributed by atoms with Gasteiger partial charge in [0.2, 0.25) is 5.91 Å². The van der Waals surface area contributed by atoms with Crippen molar-refractivity contribution in [2.75, 3.05) is 45.9 Å². The van der Waals surface area contributed by atoms with Crippen molar-refractivity contribution >= 4 is 5.91 Å². The summed E-state index contributed by atoms with van der Waals surface area (Å²) in [5.41, 5.74) is 0. The van der Waals surface area contributed by atoms with Crippen LogP contribution in [-0.4, -0.2) is 67.8 Å². The van der Waals surface area contributed by atoms with Gasteiger partial charge in [-0.25, -0.2) is 5.01 Å². The molecule has 2 rings (SSSR count). The number of hydrogen-bond donors (Lipinski definition) is 2. The fraction of sp³-hybridized carbons (Fsp3) is 0.889. The second kappa shape index (κ2) is 4.89. The van der Waals surface area contributed by atoms with Crippen molar-refractivity contribution in [1.29, 1.82) is 0 Å². The molecule has 2 saturated heterocycles. The molecule has 0 atom stereocenters. The van der Waals surface area contributed by atoms with E-state index in [4.69, 9.17) is 10.6 Å². The number of ether oxygens (including phenoxy) is 1. The Morgan fingerprint density at radius 3 is 2.67 bits per heavy atom. The summed E-state index contributed by atoms with van der Waals surface area (Å²) >= 11 is 0. The molecule has 15 heavy (non-hydrogen) atoms. The van der Waals surface area contributed by atoms with E-state index in [1.54, 1.807) is 5.01 Å². The molecule has 2 aliphatic rings. The molecule has 0 aliphatic carbocycles. The van der Waals surface area contributed by atoms with Gasteiger partial charge in [-0.05, 0) is 0 Å². The molecule has 0 aromatic rings. The van der Waals surface area contributed by atoms with E-state index in [1.165, 1.54) is 0 Å². The Kier molecular flexibility index (Phi) is 3.53. The Morgan fingerprint density at radius 1 is 1.40 bits per heavy atom. The zero-order chi connectivity index (χ0) is 10.7. The number of hydrogen-bond acceptors (Lipinski definition) is 5. The maximum Gasteiger partial charge on any atom is 0.234 e. The van der Waals surface area contributed by atoms with Crippen LogP contribution in [0.5, 0.6) is 0 Å². The second-order valence-electron chi connectivity index (χ2n) is 4.11. The summed E-state index contributed by atoms with van der Waals surface area (Å²) in [4.78, 5) is 13.7. The largest absolute Gasteiger partial charge is 0.379 e. The lowest BCUT2D eigenvalue weighted by Crippen LogP contribution is -2.62. The van der Waals surface area contributed by atoms with Crippen LogP contribution in [0.15, 0.2) is 0 Å².